The second-order valence-corrected chi connectivity index (χ2v) is 6.47. The van der Waals surface area contributed by atoms with Crippen molar-refractivity contribution in [3.05, 3.63) is 17.5 Å². The van der Waals surface area contributed by atoms with Gasteiger partial charge >= 0.3 is 0 Å². The van der Waals surface area contributed by atoms with E-state index in [0.29, 0.717) is 5.92 Å². The molecule has 0 amide bonds. The highest BCUT2D eigenvalue weighted by atomic mass is 127. The van der Waals surface area contributed by atoms with Crippen molar-refractivity contribution in [3.63, 3.8) is 0 Å². The minimum Gasteiger partial charge on any atom is -0.379 e. The number of rotatable bonds is 8. The number of aliphatic imine (C=N–C) groups is 1. The summed E-state index contributed by atoms with van der Waals surface area (Å²) in [5, 5.41) is 7.95. The number of hydrogen-bond acceptors (Lipinski definition) is 3. The molecule has 0 fully saturated rings. The van der Waals surface area contributed by atoms with E-state index in [4.69, 9.17) is 4.74 Å². The molecule has 0 unspecified atom stereocenters. The molecule has 7 heteroatoms. The van der Waals surface area contributed by atoms with Gasteiger partial charge in [0.1, 0.15) is 0 Å². The molecule has 1 aromatic heterocycles. The van der Waals surface area contributed by atoms with Gasteiger partial charge < -0.3 is 15.0 Å². The summed E-state index contributed by atoms with van der Waals surface area (Å²) in [6.45, 7) is 10.9. The molecule has 1 rings (SSSR count). The zero-order valence-electron chi connectivity index (χ0n) is 16.2. The lowest BCUT2D eigenvalue weighted by atomic mass is 10.1. The summed E-state index contributed by atoms with van der Waals surface area (Å²) in [5.74, 6) is 1.32. The molecule has 0 aliphatic heterocycles. The molecule has 0 bridgehead atoms. The van der Waals surface area contributed by atoms with Crippen molar-refractivity contribution in [1.82, 2.24) is 20.0 Å². The van der Waals surface area contributed by atoms with Gasteiger partial charge in [-0.05, 0) is 26.2 Å². The van der Waals surface area contributed by atoms with Gasteiger partial charge in [-0.3, -0.25) is 9.67 Å². The number of nitrogens with zero attached hydrogens (tertiary/aromatic N) is 4. The summed E-state index contributed by atoms with van der Waals surface area (Å²) in [7, 11) is 5.84. The molecule has 1 aromatic rings. The highest BCUT2D eigenvalue weighted by molar-refractivity contribution is 14.0. The van der Waals surface area contributed by atoms with E-state index in [1.807, 2.05) is 18.8 Å². The van der Waals surface area contributed by atoms with Gasteiger partial charge in [0.05, 0.1) is 11.8 Å². The first kappa shape index (κ1) is 23.2. The maximum absolute atomic E-state index is 5.55. The largest absolute Gasteiger partial charge is 0.379 e. The number of guanidine groups is 1. The molecule has 24 heavy (non-hydrogen) atoms. The van der Waals surface area contributed by atoms with Crippen molar-refractivity contribution in [2.45, 2.75) is 52.7 Å². The Labute approximate surface area is 164 Å². The van der Waals surface area contributed by atoms with E-state index >= 15 is 0 Å². The quantitative estimate of drug-likeness (QED) is 0.286. The molecule has 0 saturated carbocycles. The molecule has 1 heterocycles. The first-order valence-corrected chi connectivity index (χ1v) is 8.41. The number of ether oxygens (including phenoxy) is 1. The topological polar surface area (TPSA) is 54.7 Å². The normalized spacial score (nSPS) is 11.8. The summed E-state index contributed by atoms with van der Waals surface area (Å²) in [6.07, 6.45) is 3.35. The minimum absolute atomic E-state index is 0. The van der Waals surface area contributed by atoms with Gasteiger partial charge in [-0.1, -0.05) is 13.8 Å². The Bertz CT molecular complexity index is 499. The molecule has 1 N–H and O–H groups in total. The third kappa shape index (κ3) is 7.83. The van der Waals surface area contributed by atoms with Crippen LogP contribution in [0.3, 0.4) is 0 Å². The van der Waals surface area contributed by atoms with Crippen LogP contribution in [0.25, 0.3) is 0 Å². The van der Waals surface area contributed by atoms with Crippen LogP contribution in [0.15, 0.2) is 11.2 Å². The lowest BCUT2D eigenvalue weighted by Gasteiger charge is -2.22. The highest BCUT2D eigenvalue weighted by Crippen LogP contribution is 2.18. The van der Waals surface area contributed by atoms with Crippen molar-refractivity contribution >= 4 is 29.9 Å². The average molecular weight is 451 g/mol. The van der Waals surface area contributed by atoms with E-state index < -0.39 is 0 Å². The lowest BCUT2D eigenvalue weighted by Crippen LogP contribution is -2.39. The smallest absolute Gasteiger partial charge is 0.193 e. The van der Waals surface area contributed by atoms with Crippen molar-refractivity contribution in [1.29, 1.82) is 0 Å². The van der Waals surface area contributed by atoms with E-state index in [9.17, 15) is 0 Å². The molecule has 0 atom stereocenters. The van der Waals surface area contributed by atoms with Gasteiger partial charge in [0.25, 0.3) is 0 Å². The van der Waals surface area contributed by atoms with Gasteiger partial charge in [-0.25, -0.2) is 0 Å². The van der Waals surface area contributed by atoms with Crippen LogP contribution in [0.5, 0.6) is 0 Å². The number of aryl methyl sites for hydroxylation is 1. The van der Waals surface area contributed by atoms with Gasteiger partial charge in [0.15, 0.2) is 5.96 Å². The Balaban J connectivity index is 0.00000529. The van der Waals surface area contributed by atoms with Crippen LogP contribution < -0.4 is 5.32 Å². The zero-order valence-corrected chi connectivity index (χ0v) is 18.5. The van der Waals surface area contributed by atoms with Gasteiger partial charge in [-0.15, -0.1) is 24.0 Å². The average Bonchev–Trinajstić information content (AvgIpc) is 2.83. The predicted octanol–water partition coefficient (Wildman–Crippen LogP) is 2.98. The predicted molar refractivity (Wildman–Crippen MR) is 111 cm³/mol. The summed E-state index contributed by atoms with van der Waals surface area (Å²) in [6, 6.07) is 0. The maximum Gasteiger partial charge on any atom is 0.193 e. The third-order valence-corrected chi connectivity index (χ3v) is 3.52. The Morgan fingerprint density at radius 2 is 2.04 bits per heavy atom. The van der Waals surface area contributed by atoms with E-state index in [2.05, 4.69) is 61.2 Å². The SMILES string of the molecule is CN=C(NCCCOC(C)C)N(C)Cc1cn(C)nc1C(C)C.I. The fourth-order valence-electron chi connectivity index (χ4n) is 2.47. The van der Waals surface area contributed by atoms with Crippen LogP contribution in [-0.2, 0) is 18.3 Å². The molecule has 6 nitrogen and oxygen atoms in total. The zero-order chi connectivity index (χ0) is 17.4. The molecule has 140 valence electrons. The monoisotopic (exact) mass is 451 g/mol. The molecular weight excluding hydrogens is 417 g/mol. The Morgan fingerprint density at radius 3 is 2.58 bits per heavy atom. The first-order valence-electron chi connectivity index (χ1n) is 8.41. The Kier molecular flexibility index (Phi) is 11.3. The second kappa shape index (κ2) is 11.7. The standard InChI is InChI=1S/C17H33N5O.HI/c1-13(2)16-15(12-22(7)20-16)11-21(6)17(18-5)19-9-8-10-23-14(3)4;/h12-14H,8-11H2,1-7H3,(H,18,19);1H. The number of aromatic nitrogens is 2. The van der Waals surface area contributed by atoms with E-state index in [1.54, 1.807) is 0 Å². The van der Waals surface area contributed by atoms with Crippen LogP contribution in [0.2, 0.25) is 0 Å². The Hall–Kier alpha value is -0.830. The molecule has 0 aliphatic carbocycles. The molecule has 0 saturated heterocycles. The molecular formula is C17H34IN5O. The number of hydrogen-bond donors (Lipinski definition) is 1. The van der Waals surface area contributed by atoms with Crippen molar-refractivity contribution in [2.24, 2.45) is 12.0 Å². The molecule has 0 aromatic carbocycles. The summed E-state index contributed by atoms with van der Waals surface area (Å²) in [4.78, 5) is 6.49. The van der Waals surface area contributed by atoms with Crippen LogP contribution in [0.4, 0.5) is 0 Å². The van der Waals surface area contributed by atoms with Crippen molar-refractivity contribution in [2.75, 3.05) is 27.2 Å². The van der Waals surface area contributed by atoms with E-state index in [1.165, 1.54) is 5.56 Å². The van der Waals surface area contributed by atoms with E-state index in [-0.39, 0.29) is 30.1 Å². The molecule has 0 spiro atoms. The van der Waals surface area contributed by atoms with Crippen molar-refractivity contribution < 1.29 is 4.74 Å². The Morgan fingerprint density at radius 1 is 1.38 bits per heavy atom. The fraction of sp³-hybridized carbons (Fsp3) is 0.765. The van der Waals surface area contributed by atoms with E-state index in [0.717, 1.165) is 37.8 Å². The van der Waals surface area contributed by atoms with Gasteiger partial charge in [-0.2, -0.15) is 5.10 Å². The van der Waals surface area contributed by atoms with Gasteiger partial charge in [0.2, 0.25) is 0 Å². The van der Waals surface area contributed by atoms with Gasteiger partial charge in [0, 0.05) is 52.6 Å². The van der Waals surface area contributed by atoms with Crippen LogP contribution in [0.1, 0.15) is 51.3 Å². The number of nitrogens with one attached hydrogen (secondary N) is 1. The fourth-order valence-corrected chi connectivity index (χ4v) is 2.47. The summed E-state index contributed by atoms with van der Waals surface area (Å²) >= 11 is 0. The second-order valence-electron chi connectivity index (χ2n) is 6.47. The maximum atomic E-state index is 5.55. The first-order chi connectivity index (χ1) is 10.8. The third-order valence-electron chi connectivity index (χ3n) is 3.52. The van der Waals surface area contributed by atoms with Crippen LogP contribution >= 0.6 is 24.0 Å². The van der Waals surface area contributed by atoms with Crippen molar-refractivity contribution in [3.8, 4) is 0 Å². The molecule has 0 aliphatic rings. The molecule has 0 radical (unpaired) electrons. The number of halogens is 1. The lowest BCUT2D eigenvalue weighted by molar-refractivity contribution is 0.0776. The summed E-state index contributed by atoms with van der Waals surface area (Å²) in [5.41, 5.74) is 2.40. The van der Waals surface area contributed by atoms with Crippen LogP contribution in [-0.4, -0.2) is 54.0 Å². The van der Waals surface area contributed by atoms with Crippen LogP contribution in [0, 0.1) is 0 Å². The minimum atomic E-state index is 0. The highest BCUT2D eigenvalue weighted by Gasteiger charge is 2.14. The summed E-state index contributed by atoms with van der Waals surface area (Å²) < 4.78 is 7.44.